The van der Waals surface area contributed by atoms with Gasteiger partial charge in [0.05, 0.1) is 18.5 Å². The summed E-state index contributed by atoms with van der Waals surface area (Å²) in [6.07, 6.45) is 3.20. The fourth-order valence-corrected chi connectivity index (χ4v) is 3.27. The summed E-state index contributed by atoms with van der Waals surface area (Å²) in [6, 6.07) is 6.21. The van der Waals surface area contributed by atoms with E-state index in [-0.39, 0.29) is 11.3 Å². The quantitative estimate of drug-likeness (QED) is 0.289. The van der Waals surface area contributed by atoms with Crippen molar-refractivity contribution in [2.24, 2.45) is 0 Å². The first-order valence-electron chi connectivity index (χ1n) is 9.43. The smallest absolute Gasteiger partial charge is 0.343 e. The zero-order valence-electron chi connectivity index (χ0n) is 17.5. The second kappa shape index (κ2) is 10.7. The van der Waals surface area contributed by atoms with Crippen molar-refractivity contribution < 1.29 is 32.3 Å². The molecule has 2 amide bonds. The molecule has 0 radical (unpaired) electrons. The average Bonchev–Trinajstić information content (AvgIpc) is 3.33. The van der Waals surface area contributed by atoms with Crippen LogP contribution in [0.15, 0.2) is 46.0 Å². The molecule has 0 fully saturated rings. The van der Waals surface area contributed by atoms with Crippen LogP contribution in [0.5, 0.6) is 0 Å². The molecule has 12 heteroatoms. The predicted molar refractivity (Wildman–Crippen MR) is 115 cm³/mol. The molecule has 0 saturated carbocycles. The number of anilines is 1. The number of furan rings is 1. The van der Waals surface area contributed by atoms with Crippen molar-refractivity contribution in [2.75, 3.05) is 24.7 Å². The molecular formula is C21H18F2N4O5S. The predicted octanol–water partition coefficient (Wildman–Crippen LogP) is 2.96. The molecule has 3 aromatic rings. The summed E-state index contributed by atoms with van der Waals surface area (Å²) in [6.45, 7) is 0.489. The number of hydrogen-bond donors (Lipinski definition) is 2. The molecule has 0 spiro atoms. The van der Waals surface area contributed by atoms with E-state index in [4.69, 9.17) is 9.15 Å². The summed E-state index contributed by atoms with van der Waals surface area (Å²) < 4.78 is 36.4. The van der Waals surface area contributed by atoms with Gasteiger partial charge in [0, 0.05) is 11.8 Å². The Kier molecular flexibility index (Phi) is 7.72. The highest BCUT2D eigenvalue weighted by molar-refractivity contribution is 7.98. The van der Waals surface area contributed by atoms with E-state index in [1.54, 1.807) is 25.3 Å². The zero-order valence-corrected chi connectivity index (χ0v) is 18.3. The fraction of sp³-hybridized carbons (Fsp3) is 0.190. The van der Waals surface area contributed by atoms with Gasteiger partial charge in [0.2, 0.25) is 5.91 Å². The third-order valence-electron chi connectivity index (χ3n) is 4.18. The van der Waals surface area contributed by atoms with Crippen LogP contribution in [-0.2, 0) is 14.3 Å². The molecule has 2 N–H and O–H groups in total. The monoisotopic (exact) mass is 476 g/mol. The van der Waals surface area contributed by atoms with E-state index in [1.807, 2.05) is 0 Å². The van der Waals surface area contributed by atoms with Gasteiger partial charge in [-0.3, -0.25) is 9.59 Å². The Morgan fingerprint density at radius 1 is 1.12 bits per heavy atom. The normalized spacial score (nSPS) is 10.5. The highest BCUT2D eigenvalue weighted by Crippen LogP contribution is 2.25. The first kappa shape index (κ1) is 23.9. The Morgan fingerprint density at radius 2 is 1.91 bits per heavy atom. The molecule has 9 nitrogen and oxygen atoms in total. The fourth-order valence-electron chi connectivity index (χ4n) is 2.66. The third-order valence-corrected chi connectivity index (χ3v) is 4.86. The van der Waals surface area contributed by atoms with Crippen LogP contribution in [0.25, 0.3) is 11.6 Å². The summed E-state index contributed by atoms with van der Waals surface area (Å²) in [5.74, 6) is -3.64. The number of carbonyl (C=O) groups is 3. The van der Waals surface area contributed by atoms with Crippen LogP contribution >= 0.6 is 11.8 Å². The minimum atomic E-state index is -1.12. The van der Waals surface area contributed by atoms with Gasteiger partial charge in [-0.25, -0.2) is 23.5 Å². The number of esters is 1. The van der Waals surface area contributed by atoms with Crippen molar-refractivity contribution in [1.82, 2.24) is 15.3 Å². The second-order valence-corrected chi connectivity index (χ2v) is 7.32. The zero-order chi connectivity index (χ0) is 24.0. The van der Waals surface area contributed by atoms with Gasteiger partial charge in [-0.15, -0.1) is 11.8 Å². The van der Waals surface area contributed by atoms with Gasteiger partial charge in [0.25, 0.3) is 5.91 Å². The number of thioether (sulfide) groups is 1. The van der Waals surface area contributed by atoms with Gasteiger partial charge in [0.15, 0.2) is 29.8 Å². The molecule has 1 aromatic carbocycles. The maximum Gasteiger partial charge on any atom is 0.343 e. The molecule has 172 valence electrons. The summed E-state index contributed by atoms with van der Waals surface area (Å²) in [4.78, 5) is 44.9. The number of hydrogen-bond acceptors (Lipinski definition) is 8. The maximum atomic E-state index is 13.2. The van der Waals surface area contributed by atoms with Gasteiger partial charge in [0.1, 0.15) is 10.6 Å². The van der Waals surface area contributed by atoms with E-state index < -0.39 is 42.6 Å². The number of halogens is 2. The van der Waals surface area contributed by atoms with Gasteiger partial charge < -0.3 is 19.8 Å². The molecule has 2 aromatic heterocycles. The van der Waals surface area contributed by atoms with E-state index >= 15 is 0 Å². The summed E-state index contributed by atoms with van der Waals surface area (Å²) in [5, 5.41) is 4.91. The Labute approximate surface area is 190 Å². The van der Waals surface area contributed by atoms with Gasteiger partial charge in [-0.05, 0) is 37.4 Å². The molecule has 0 bridgehead atoms. The van der Waals surface area contributed by atoms with Crippen molar-refractivity contribution in [3.63, 3.8) is 0 Å². The maximum absolute atomic E-state index is 13.2. The Hall–Kier alpha value is -3.80. The average molecular weight is 476 g/mol. The molecule has 0 saturated heterocycles. The molecular weight excluding hydrogens is 458 g/mol. The van der Waals surface area contributed by atoms with Crippen LogP contribution in [0, 0.1) is 18.6 Å². The summed E-state index contributed by atoms with van der Waals surface area (Å²) in [5.41, 5.74) is 0.483. The topological polar surface area (TPSA) is 123 Å². The minimum Gasteiger partial charge on any atom is -0.461 e. The number of aromatic nitrogens is 2. The van der Waals surface area contributed by atoms with Gasteiger partial charge in [-0.2, -0.15) is 0 Å². The first-order chi connectivity index (χ1) is 15.8. The third kappa shape index (κ3) is 6.13. The van der Waals surface area contributed by atoms with Crippen molar-refractivity contribution in [3.8, 4) is 11.6 Å². The van der Waals surface area contributed by atoms with Crippen molar-refractivity contribution >= 4 is 35.2 Å². The van der Waals surface area contributed by atoms with Gasteiger partial charge >= 0.3 is 5.97 Å². The van der Waals surface area contributed by atoms with E-state index in [0.29, 0.717) is 22.3 Å². The molecule has 2 heterocycles. The van der Waals surface area contributed by atoms with E-state index in [1.165, 1.54) is 24.1 Å². The Balaban J connectivity index is 1.54. The van der Waals surface area contributed by atoms with Crippen LogP contribution in [0.4, 0.5) is 14.5 Å². The lowest BCUT2D eigenvalue weighted by Gasteiger charge is -2.11. The highest BCUT2D eigenvalue weighted by atomic mass is 32.2. The van der Waals surface area contributed by atoms with Crippen LogP contribution in [0.1, 0.15) is 16.1 Å². The highest BCUT2D eigenvalue weighted by Gasteiger charge is 2.22. The summed E-state index contributed by atoms with van der Waals surface area (Å²) in [7, 11) is 0. The number of nitrogens with one attached hydrogen (secondary N) is 2. The molecule has 33 heavy (non-hydrogen) atoms. The van der Waals surface area contributed by atoms with Crippen molar-refractivity contribution in [3.05, 3.63) is 59.5 Å². The molecule has 0 aliphatic rings. The van der Waals surface area contributed by atoms with Crippen LogP contribution in [-0.4, -0.2) is 47.2 Å². The molecule has 0 aliphatic carbocycles. The van der Waals surface area contributed by atoms with E-state index in [2.05, 4.69) is 20.6 Å². The lowest BCUT2D eigenvalue weighted by Crippen LogP contribution is -2.35. The molecule has 3 rings (SSSR count). The number of aryl methyl sites for hydroxylation is 1. The lowest BCUT2D eigenvalue weighted by molar-refractivity contribution is -0.126. The van der Waals surface area contributed by atoms with Crippen LogP contribution < -0.4 is 10.6 Å². The standard InChI is InChI=1S/C21H18F2N4O5S/c1-11-18(20(33-2)27-19(25-11)15-4-3-7-31-15)21(30)32-10-17(29)24-9-16(28)26-12-5-6-13(22)14(23)8-12/h3-8H,9-10H2,1-2H3,(H,24,29)(H,26,28). The summed E-state index contributed by atoms with van der Waals surface area (Å²) >= 11 is 1.20. The van der Waals surface area contributed by atoms with Crippen LogP contribution in [0.3, 0.4) is 0 Å². The molecule has 0 aliphatic heterocycles. The minimum absolute atomic E-state index is 0.0256. The molecule has 0 unspecified atom stereocenters. The lowest BCUT2D eigenvalue weighted by atomic mass is 10.2. The number of ether oxygens (including phenoxy) is 1. The van der Waals surface area contributed by atoms with Gasteiger partial charge in [-0.1, -0.05) is 0 Å². The Bertz CT molecular complexity index is 1190. The van der Waals surface area contributed by atoms with Crippen molar-refractivity contribution in [1.29, 1.82) is 0 Å². The Morgan fingerprint density at radius 3 is 2.58 bits per heavy atom. The number of benzene rings is 1. The number of amides is 2. The van der Waals surface area contributed by atoms with E-state index in [9.17, 15) is 23.2 Å². The largest absolute Gasteiger partial charge is 0.461 e. The number of rotatable bonds is 8. The second-order valence-electron chi connectivity index (χ2n) is 6.52. The van der Waals surface area contributed by atoms with E-state index in [0.717, 1.165) is 12.1 Å². The van der Waals surface area contributed by atoms with Crippen LogP contribution in [0.2, 0.25) is 0 Å². The SMILES string of the molecule is CSc1nc(-c2ccco2)nc(C)c1C(=O)OCC(=O)NCC(=O)Nc1ccc(F)c(F)c1. The molecule has 0 atom stereocenters. The first-order valence-corrected chi connectivity index (χ1v) is 10.7. The van der Waals surface area contributed by atoms with Crippen molar-refractivity contribution in [2.45, 2.75) is 11.9 Å². The number of nitrogens with zero attached hydrogens (tertiary/aromatic N) is 2. The number of carbonyl (C=O) groups excluding carboxylic acids is 3.